The number of hydrogen-bond acceptors (Lipinski definition) is 1. The van der Waals surface area contributed by atoms with E-state index in [4.69, 9.17) is 4.52 Å². The van der Waals surface area contributed by atoms with Crippen LogP contribution in [0.5, 0.6) is 0 Å². The summed E-state index contributed by atoms with van der Waals surface area (Å²) >= 11 is 0. The van der Waals surface area contributed by atoms with Crippen LogP contribution in [0.4, 0.5) is 0 Å². The monoisotopic (exact) mass is 528 g/mol. The minimum Gasteiger partial charge on any atom is -0.350 e. The third-order valence-corrected chi connectivity index (χ3v) is 10.5. The second-order valence-corrected chi connectivity index (χ2v) is 14.2. The van der Waals surface area contributed by atoms with Crippen LogP contribution in [0, 0.1) is 11.8 Å². The lowest BCUT2D eigenvalue weighted by molar-refractivity contribution is 0.324. The van der Waals surface area contributed by atoms with E-state index in [0.717, 1.165) is 18.9 Å². The van der Waals surface area contributed by atoms with Gasteiger partial charge >= 0.3 is 0 Å². The van der Waals surface area contributed by atoms with Crippen molar-refractivity contribution in [2.75, 3.05) is 12.8 Å². The SMILES string of the molecule is CC(C)CCOP(c1ccccc1)c1ccccc1.CC(C)CCP(c1ccccc1)c1ccccc1. The Balaban J connectivity index is 0.000000206. The van der Waals surface area contributed by atoms with Crippen molar-refractivity contribution in [3.05, 3.63) is 121 Å². The molecule has 0 unspecified atom stereocenters. The number of hydrogen-bond donors (Lipinski definition) is 0. The van der Waals surface area contributed by atoms with Crippen LogP contribution in [0.2, 0.25) is 0 Å². The van der Waals surface area contributed by atoms with Gasteiger partial charge < -0.3 is 4.52 Å². The van der Waals surface area contributed by atoms with Crippen molar-refractivity contribution in [1.82, 2.24) is 0 Å². The van der Waals surface area contributed by atoms with Gasteiger partial charge in [-0.25, -0.2) is 0 Å². The molecule has 0 N–H and O–H groups in total. The number of benzene rings is 4. The Kier molecular flexibility index (Phi) is 13.1. The van der Waals surface area contributed by atoms with Crippen LogP contribution in [-0.4, -0.2) is 12.8 Å². The molecule has 0 fully saturated rings. The van der Waals surface area contributed by atoms with Crippen LogP contribution >= 0.6 is 16.1 Å². The highest BCUT2D eigenvalue weighted by molar-refractivity contribution is 7.73. The molecule has 4 rings (SSSR count). The van der Waals surface area contributed by atoms with Crippen molar-refractivity contribution in [1.29, 1.82) is 0 Å². The van der Waals surface area contributed by atoms with E-state index in [1.54, 1.807) is 0 Å². The molecule has 0 aromatic heterocycles. The van der Waals surface area contributed by atoms with Crippen LogP contribution in [0.25, 0.3) is 0 Å². The number of rotatable bonds is 11. The summed E-state index contributed by atoms with van der Waals surface area (Å²) in [7, 11) is -0.865. The van der Waals surface area contributed by atoms with Crippen LogP contribution in [0.1, 0.15) is 40.5 Å². The Hall–Kier alpha value is -2.30. The van der Waals surface area contributed by atoms with Gasteiger partial charge in [0.1, 0.15) is 0 Å². The topological polar surface area (TPSA) is 9.23 Å². The van der Waals surface area contributed by atoms with Gasteiger partial charge in [-0.2, -0.15) is 0 Å². The summed E-state index contributed by atoms with van der Waals surface area (Å²) in [6, 6.07) is 43.0. The van der Waals surface area contributed by atoms with E-state index in [1.807, 2.05) is 0 Å². The first-order valence-electron chi connectivity index (χ1n) is 13.5. The van der Waals surface area contributed by atoms with Gasteiger partial charge in [-0.3, -0.25) is 0 Å². The van der Waals surface area contributed by atoms with E-state index in [9.17, 15) is 0 Å². The molecule has 4 aromatic carbocycles. The summed E-state index contributed by atoms with van der Waals surface area (Å²) in [5.74, 6) is 1.46. The van der Waals surface area contributed by atoms with E-state index < -0.39 is 8.15 Å². The molecule has 0 aliphatic heterocycles. The average molecular weight is 529 g/mol. The minimum atomic E-state index is -0.682. The van der Waals surface area contributed by atoms with E-state index in [1.165, 1.54) is 33.8 Å². The lowest BCUT2D eigenvalue weighted by Crippen LogP contribution is -2.14. The van der Waals surface area contributed by atoms with Crippen molar-refractivity contribution in [3.63, 3.8) is 0 Å². The molecule has 1 nitrogen and oxygen atoms in total. The molecule has 3 heteroatoms. The second-order valence-electron chi connectivity index (χ2n) is 9.99. The summed E-state index contributed by atoms with van der Waals surface area (Å²) in [5, 5.41) is 5.57. The maximum Gasteiger partial charge on any atom is 0.0917 e. The maximum atomic E-state index is 6.19. The fourth-order valence-electron chi connectivity index (χ4n) is 3.82. The Morgan fingerprint density at radius 1 is 0.486 bits per heavy atom. The summed E-state index contributed by atoms with van der Waals surface area (Å²) in [4.78, 5) is 0. The second kappa shape index (κ2) is 16.5. The molecule has 0 spiro atoms. The summed E-state index contributed by atoms with van der Waals surface area (Å²) in [5.41, 5.74) is 0. The molecule has 0 atom stereocenters. The smallest absolute Gasteiger partial charge is 0.0917 e. The van der Waals surface area contributed by atoms with Gasteiger partial charge in [-0.15, -0.1) is 0 Å². The molecule has 0 saturated heterocycles. The lowest BCUT2D eigenvalue weighted by Gasteiger charge is -2.19. The third-order valence-electron chi connectivity index (χ3n) is 5.96. The van der Waals surface area contributed by atoms with Crippen LogP contribution in [-0.2, 0) is 4.52 Å². The van der Waals surface area contributed by atoms with Crippen LogP contribution < -0.4 is 21.2 Å². The molecule has 0 heterocycles. The first kappa shape index (κ1) is 29.3. The highest BCUT2D eigenvalue weighted by atomic mass is 31.1. The van der Waals surface area contributed by atoms with Gasteiger partial charge in [0.25, 0.3) is 0 Å². The molecule has 0 bridgehead atoms. The van der Waals surface area contributed by atoms with E-state index in [0.29, 0.717) is 5.92 Å². The van der Waals surface area contributed by atoms with Gasteiger partial charge in [0.2, 0.25) is 0 Å². The normalized spacial score (nSPS) is 11.1. The first-order valence-corrected chi connectivity index (χ1v) is 16.2. The highest BCUT2D eigenvalue weighted by Gasteiger charge is 2.15. The van der Waals surface area contributed by atoms with Crippen molar-refractivity contribution >= 4 is 37.3 Å². The molecule has 0 aliphatic carbocycles. The van der Waals surface area contributed by atoms with Gasteiger partial charge in [-0.1, -0.05) is 149 Å². The predicted octanol–water partition coefficient (Wildman–Crippen LogP) is 8.26. The Bertz CT molecular complexity index is 1020. The average Bonchev–Trinajstić information content (AvgIpc) is 2.93. The first-order chi connectivity index (χ1) is 18.0. The highest BCUT2D eigenvalue weighted by Crippen LogP contribution is 2.36. The fraction of sp³-hybridized carbons (Fsp3) is 0.294. The van der Waals surface area contributed by atoms with Gasteiger partial charge in [-0.05, 0) is 49.4 Å². The minimum absolute atomic E-state index is 0.183. The Morgan fingerprint density at radius 2 is 0.838 bits per heavy atom. The molecule has 0 radical (unpaired) electrons. The zero-order chi connectivity index (χ0) is 26.3. The van der Waals surface area contributed by atoms with Crippen molar-refractivity contribution in [3.8, 4) is 0 Å². The molecule has 0 amide bonds. The molecular formula is C34H42OP2. The molecule has 0 aliphatic rings. The predicted molar refractivity (Wildman–Crippen MR) is 168 cm³/mol. The van der Waals surface area contributed by atoms with Crippen LogP contribution in [0.3, 0.4) is 0 Å². The van der Waals surface area contributed by atoms with E-state index >= 15 is 0 Å². The summed E-state index contributed by atoms with van der Waals surface area (Å²) in [6.45, 7) is 9.91. The quantitative estimate of drug-likeness (QED) is 0.178. The fourth-order valence-corrected chi connectivity index (χ4v) is 8.24. The van der Waals surface area contributed by atoms with Crippen molar-refractivity contribution in [2.45, 2.75) is 40.5 Å². The zero-order valence-corrected chi connectivity index (χ0v) is 24.6. The van der Waals surface area contributed by atoms with Crippen LogP contribution in [0.15, 0.2) is 121 Å². The van der Waals surface area contributed by atoms with Gasteiger partial charge in [0, 0.05) is 10.6 Å². The summed E-state index contributed by atoms with van der Waals surface area (Å²) in [6.07, 6.45) is 3.70. The largest absolute Gasteiger partial charge is 0.350 e. The lowest BCUT2D eigenvalue weighted by atomic mass is 10.2. The van der Waals surface area contributed by atoms with E-state index in [2.05, 4.69) is 149 Å². The standard InChI is InChI=1S/C17H21OP.C17H21P/c1-15(2)13-14-18-19(16-9-5-3-6-10-16)17-11-7-4-8-12-17;1-15(2)13-14-18(16-9-5-3-6-10-16)17-11-7-4-8-12-17/h3-12,15H,13-14H2,1-2H3;3-12,15H,13-14H2,1-2H3. The van der Waals surface area contributed by atoms with Gasteiger partial charge in [0.05, 0.1) is 14.8 Å². The van der Waals surface area contributed by atoms with E-state index in [-0.39, 0.29) is 7.92 Å². The van der Waals surface area contributed by atoms with Crippen molar-refractivity contribution in [2.24, 2.45) is 11.8 Å². The summed E-state index contributed by atoms with van der Waals surface area (Å²) < 4.78 is 6.19. The zero-order valence-electron chi connectivity index (χ0n) is 22.8. The van der Waals surface area contributed by atoms with Gasteiger partial charge in [0.15, 0.2) is 0 Å². The Labute approximate surface area is 227 Å². The molecule has 0 saturated carbocycles. The third kappa shape index (κ3) is 10.5. The molecular weight excluding hydrogens is 486 g/mol. The maximum absolute atomic E-state index is 6.19. The van der Waals surface area contributed by atoms with Crippen molar-refractivity contribution < 1.29 is 4.52 Å². The molecule has 37 heavy (non-hydrogen) atoms. The Morgan fingerprint density at radius 3 is 1.19 bits per heavy atom. The molecule has 194 valence electrons. The molecule has 4 aromatic rings.